The van der Waals surface area contributed by atoms with E-state index in [1.807, 2.05) is 6.92 Å². The molecule has 0 bridgehead atoms. The third-order valence-corrected chi connectivity index (χ3v) is 3.19. The third-order valence-electron chi connectivity index (χ3n) is 3.19. The van der Waals surface area contributed by atoms with Gasteiger partial charge in [0.25, 0.3) is 0 Å². The van der Waals surface area contributed by atoms with Crippen LogP contribution in [0, 0.1) is 12.8 Å². The number of hydrogen-bond acceptors (Lipinski definition) is 4. The number of nitrogens with zero attached hydrogens (tertiary/aromatic N) is 2. The number of likely N-dealkylation sites (tertiary alicyclic amines) is 1. The summed E-state index contributed by atoms with van der Waals surface area (Å²) < 4.78 is 5.54. The maximum absolute atomic E-state index is 5.67. The van der Waals surface area contributed by atoms with E-state index in [2.05, 4.69) is 16.8 Å². The van der Waals surface area contributed by atoms with E-state index in [1.165, 1.54) is 6.42 Å². The summed E-state index contributed by atoms with van der Waals surface area (Å²) in [5.41, 5.74) is 5.67. The van der Waals surface area contributed by atoms with Crippen LogP contribution in [0.1, 0.15) is 31.0 Å². The second-order valence-electron chi connectivity index (χ2n) is 4.37. The van der Waals surface area contributed by atoms with E-state index in [4.69, 9.17) is 10.2 Å². The molecule has 4 heteroatoms. The first-order chi connectivity index (χ1) is 7.20. The van der Waals surface area contributed by atoms with Gasteiger partial charge in [0.1, 0.15) is 5.76 Å². The summed E-state index contributed by atoms with van der Waals surface area (Å²) in [7, 11) is 0. The number of aromatic nitrogens is 1. The second-order valence-corrected chi connectivity index (χ2v) is 4.37. The molecule has 15 heavy (non-hydrogen) atoms. The van der Waals surface area contributed by atoms with Crippen molar-refractivity contribution in [3.63, 3.8) is 0 Å². The summed E-state index contributed by atoms with van der Waals surface area (Å²) in [5.74, 6) is 2.35. The largest absolute Gasteiger partial charge is 0.444 e. The normalized spacial score (nSPS) is 24.6. The highest BCUT2D eigenvalue weighted by molar-refractivity contribution is 4.97. The van der Waals surface area contributed by atoms with Gasteiger partial charge < -0.3 is 10.2 Å². The molecule has 2 unspecified atom stereocenters. The van der Waals surface area contributed by atoms with E-state index in [1.54, 1.807) is 6.20 Å². The molecule has 1 aromatic heterocycles. The summed E-state index contributed by atoms with van der Waals surface area (Å²) in [6, 6.07) is 0.273. The van der Waals surface area contributed by atoms with Gasteiger partial charge in [-0.15, -0.1) is 0 Å². The molecule has 0 amide bonds. The number of nitrogens with two attached hydrogens (primary N) is 1. The lowest BCUT2D eigenvalue weighted by atomic mass is 10.1. The summed E-state index contributed by atoms with van der Waals surface area (Å²) in [6.07, 6.45) is 2.98. The van der Waals surface area contributed by atoms with Crippen molar-refractivity contribution in [1.82, 2.24) is 9.88 Å². The fourth-order valence-corrected chi connectivity index (χ4v) is 2.13. The molecule has 0 aromatic carbocycles. The topological polar surface area (TPSA) is 55.3 Å². The summed E-state index contributed by atoms with van der Waals surface area (Å²) in [5, 5.41) is 0. The summed E-state index contributed by atoms with van der Waals surface area (Å²) in [4.78, 5) is 6.66. The van der Waals surface area contributed by atoms with Crippen LogP contribution >= 0.6 is 0 Å². The van der Waals surface area contributed by atoms with Crippen molar-refractivity contribution < 1.29 is 4.42 Å². The lowest BCUT2D eigenvalue weighted by molar-refractivity contribution is 0.216. The number of aryl methyl sites for hydroxylation is 1. The Labute approximate surface area is 90.5 Å². The maximum atomic E-state index is 5.67. The molecule has 2 atom stereocenters. The first-order valence-electron chi connectivity index (χ1n) is 5.57. The third kappa shape index (κ3) is 2.21. The highest BCUT2D eigenvalue weighted by Crippen LogP contribution is 2.26. The summed E-state index contributed by atoms with van der Waals surface area (Å²) >= 11 is 0. The molecule has 0 aliphatic carbocycles. The predicted molar refractivity (Wildman–Crippen MR) is 58.4 cm³/mol. The van der Waals surface area contributed by atoms with Gasteiger partial charge in [0.15, 0.2) is 0 Å². The number of hydrogen-bond donors (Lipinski definition) is 1. The molecule has 0 saturated carbocycles. The molecule has 1 aromatic rings. The van der Waals surface area contributed by atoms with Crippen molar-refractivity contribution >= 4 is 0 Å². The van der Waals surface area contributed by atoms with Crippen molar-refractivity contribution in [1.29, 1.82) is 0 Å². The number of oxazole rings is 1. The fourth-order valence-electron chi connectivity index (χ4n) is 2.13. The van der Waals surface area contributed by atoms with Gasteiger partial charge in [0, 0.05) is 6.54 Å². The molecule has 4 nitrogen and oxygen atoms in total. The van der Waals surface area contributed by atoms with Crippen LogP contribution in [0.3, 0.4) is 0 Å². The smallest absolute Gasteiger partial charge is 0.211 e. The van der Waals surface area contributed by atoms with Crippen LogP contribution in [0.25, 0.3) is 0 Å². The van der Waals surface area contributed by atoms with E-state index in [9.17, 15) is 0 Å². The fraction of sp³-hybridized carbons (Fsp3) is 0.727. The Bertz CT molecular complexity index is 323. The molecule has 2 rings (SSSR count). The maximum Gasteiger partial charge on any atom is 0.211 e. The highest BCUT2D eigenvalue weighted by atomic mass is 16.4. The molecule has 0 radical (unpaired) electrons. The van der Waals surface area contributed by atoms with Gasteiger partial charge in [-0.1, -0.05) is 0 Å². The van der Waals surface area contributed by atoms with Gasteiger partial charge in [0.05, 0.1) is 12.2 Å². The number of rotatable bonds is 3. The molecule has 2 heterocycles. The van der Waals surface area contributed by atoms with Crippen LogP contribution in [0.4, 0.5) is 0 Å². The molecule has 0 spiro atoms. The van der Waals surface area contributed by atoms with Crippen LogP contribution in [-0.2, 0) is 0 Å². The minimum Gasteiger partial charge on any atom is -0.444 e. The van der Waals surface area contributed by atoms with Crippen LogP contribution in [0.15, 0.2) is 10.6 Å². The van der Waals surface area contributed by atoms with E-state index in [0.29, 0.717) is 5.92 Å². The average molecular weight is 209 g/mol. The van der Waals surface area contributed by atoms with E-state index in [-0.39, 0.29) is 6.04 Å². The Balaban J connectivity index is 2.00. The monoisotopic (exact) mass is 209 g/mol. The Morgan fingerprint density at radius 1 is 1.73 bits per heavy atom. The second kappa shape index (κ2) is 4.33. The zero-order valence-electron chi connectivity index (χ0n) is 9.44. The van der Waals surface area contributed by atoms with Crippen LogP contribution in [-0.4, -0.2) is 29.5 Å². The van der Waals surface area contributed by atoms with Crippen molar-refractivity contribution in [3.8, 4) is 0 Å². The van der Waals surface area contributed by atoms with Crippen molar-refractivity contribution in [2.24, 2.45) is 11.7 Å². The van der Waals surface area contributed by atoms with Gasteiger partial charge in [0.2, 0.25) is 5.89 Å². The minimum atomic E-state index is 0.273. The van der Waals surface area contributed by atoms with Gasteiger partial charge in [-0.05, 0) is 39.3 Å². The van der Waals surface area contributed by atoms with Crippen LogP contribution in [0.5, 0.6) is 0 Å². The molecule has 1 aliphatic rings. The summed E-state index contributed by atoms with van der Waals surface area (Å²) in [6.45, 7) is 7.03. The zero-order chi connectivity index (χ0) is 10.8. The molecule has 1 fully saturated rings. The Kier molecular flexibility index (Phi) is 3.07. The first kappa shape index (κ1) is 10.6. The Morgan fingerprint density at radius 3 is 3.07 bits per heavy atom. The lowest BCUT2D eigenvalue weighted by Crippen LogP contribution is -2.26. The van der Waals surface area contributed by atoms with E-state index >= 15 is 0 Å². The molecular formula is C11H19N3O. The SMILES string of the molecule is Cc1cnc(C(C)N2CCC(CN)C2)o1. The minimum absolute atomic E-state index is 0.273. The molecule has 1 aliphatic heterocycles. The van der Waals surface area contributed by atoms with Crippen molar-refractivity contribution in [2.45, 2.75) is 26.3 Å². The Morgan fingerprint density at radius 2 is 2.53 bits per heavy atom. The van der Waals surface area contributed by atoms with Gasteiger partial charge in [-0.2, -0.15) is 0 Å². The standard InChI is InChI=1S/C11H19N3O/c1-8-6-13-11(15-8)9(2)14-4-3-10(5-12)7-14/h6,9-10H,3-5,7,12H2,1-2H3. The van der Waals surface area contributed by atoms with Crippen LogP contribution in [0.2, 0.25) is 0 Å². The van der Waals surface area contributed by atoms with Gasteiger partial charge in [-0.25, -0.2) is 4.98 Å². The Hall–Kier alpha value is -0.870. The average Bonchev–Trinajstić information content (AvgIpc) is 2.84. The van der Waals surface area contributed by atoms with Crippen LogP contribution < -0.4 is 5.73 Å². The predicted octanol–water partition coefficient (Wildman–Crippen LogP) is 1.32. The molecule has 84 valence electrons. The van der Waals surface area contributed by atoms with E-state index < -0.39 is 0 Å². The quantitative estimate of drug-likeness (QED) is 0.816. The van der Waals surface area contributed by atoms with Gasteiger partial charge in [-0.3, -0.25) is 4.90 Å². The molecule has 2 N–H and O–H groups in total. The molecular weight excluding hydrogens is 190 g/mol. The lowest BCUT2D eigenvalue weighted by Gasteiger charge is -2.21. The van der Waals surface area contributed by atoms with Crippen molar-refractivity contribution in [3.05, 3.63) is 17.8 Å². The van der Waals surface area contributed by atoms with E-state index in [0.717, 1.165) is 31.3 Å². The first-order valence-corrected chi connectivity index (χ1v) is 5.57. The highest BCUT2D eigenvalue weighted by Gasteiger charge is 2.27. The van der Waals surface area contributed by atoms with Crippen molar-refractivity contribution in [2.75, 3.05) is 19.6 Å². The molecule has 1 saturated heterocycles. The zero-order valence-corrected chi connectivity index (χ0v) is 9.44. The van der Waals surface area contributed by atoms with Gasteiger partial charge >= 0.3 is 0 Å².